The van der Waals surface area contributed by atoms with Gasteiger partial charge in [-0.05, 0) is 31.2 Å². The van der Waals surface area contributed by atoms with Gasteiger partial charge in [-0.25, -0.2) is 13.1 Å². The maximum Gasteiger partial charge on any atom is 0.240 e. The fourth-order valence-corrected chi connectivity index (χ4v) is 2.98. The molecule has 0 fully saturated rings. The Morgan fingerprint density at radius 1 is 1.17 bits per heavy atom. The summed E-state index contributed by atoms with van der Waals surface area (Å²) >= 11 is 3.25. The van der Waals surface area contributed by atoms with Crippen LogP contribution in [0.3, 0.4) is 0 Å². The molecule has 0 aromatic heterocycles. The van der Waals surface area contributed by atoms with E-state index in [-0.39, 0.29) is 4.90 Å². The summed E-state index contributed by atoms with van der Waals surface area (Å²) in [5, 5.41) is 0. The van der Waals surface area contributed by atoms with Gasteiger partial charge >= 0.3 is 0 Å². The summed E-state index contributed by atoms with van der Waals surface area (Å²) in [4.78, 5) is 0.198. The molecule has 0 saturated carbocycles. The zero-order chi connectivity index (χ0) is 13.8. The fourth-order valence-electron chi connectivity index (χ4n) is 1.49. The highest BCUT2D eigenvalue weighted by molar-refractivity contribution is 9.10. The molecule has 5 nitrogen and oxygen atoms in total. The van der Waals surface area contributed by atoms with Crippen LogP contribution in [0.15, 0.2) is 33.6 Å². The van der Waals surface area contributed by atoms with Crippen molar-refractivity contribution in [3.05, 3.63) is 28.7 Å². The standard InChI is InChI=1S/C11H16BrNO4S/c1-8(11(16-2)17-3)13-18(14,15)10-6-4-9(12)5-7-10/h4-8,11,13H,1-3H3. The van der Waals surface area contributed by atoms with Gasteiger partial charge < -0.3 is 9.47 Å². The summed E-state index contributed by atoms with van der Waals surface area (Å²) in [7, 11) is -0.658. The minimum atomic E-state index is -3.57. The lowest BCUT2D eigenvalue weighted by molar-refractivity contribution is -0.115. The highest BCUT2D eigenvalue weighted by Crippen LogP contribution is 2.15. The van der Waals surface area contributed by atoms with E-state index in [9.17, 15) is 8.42 Å². The first-order valence-corrected chi connectivity index (χ1v) is 7.52. The topological polar surface area (TPSA) is 64.6 Å². The first-order chi connectivity index (χ1) is 8.40. The third-order valence-corrected chi connectivity index (χ3v) is 4.44. The molecule has 102 valence electrons. The minimum absolute atomic E-state index is 0.198. The van der Waals surface area contributed by atoms with Crippen LogP contribution in [0.25, 0.3) is 0 Å². The van der Waals surface area contributed by atoms with Gasteiger partial charge in [-0.2, -0.15) is 0 Å². The van der Waals surface area contributed by atoms with E-state index in [1.165, 1.54) is 26.4 Å². The van der Waals surface area contributed by atoms with Crippen molar-refractivity contribution in [3.8, 4) is 0 Å². The summed E-state index contributed by atoms with van der Waals surface area (Å²) in [6.45, 7) is 1.67. The maximum atomic E-state index is 12.1. The molecule has 0 aliphatic rings. The lowest BCUT2D eigenvalue weighted by atomic mass is 10.3. The predicted octanol–water partition coefficient (Wildman–Crippen LogP) is 1.73. The lowest BCUT2D eigenvalue weighted by Gasteiger charge is -2.21. The molecule has 1 rings (SSSR count). The van der Waals surface area contributed by atoms with Crippen LogP contribution in [0.2, 0.25) is 0 Å². The number of nitrogens with one attached hydrogen (secondary N) is 1. The van der Waals surface area contributed by atoms with Crippen molar-refractivity contribution in [1.82, 2.24) is 4.72 Å². The van der Waals surface area contributed by atoms with E-state index >= 15 is 0 Å². The van der Waals surface area contributed by atoms with Crippen molar-refractivity contribution in [2.24, 2.45) is 0 Å². The molecule has 0 saturated heterocycles. The minimum Gasteiger partial charge on any atom is -0.354 e. The van der Waals surface area contributed by atoms with E-state index in [1.807, 2.05) is 0 Å². The van der Waals surface area contributed by atoms with Crippen molar-refractivity contribution in [3.63, 3.8) is 0 Å². The summed E-state index contributed by atoms with van der Waals surface area (Å²) < 4.78 is 37.4. The largest absolute Gasteiger partial charge is 0.354 e. The number of methoxy groups -OCH3 is 2. The Morgan fingerprint density at radius 3 is 2.11 bits per heavy atom. The molecule has 0 bridgehead atoms. The van der Waals surface area contributed by atoms with Gasteiger partial charge in [0.05, 0.1) is 10.9 Å². The molecule has 0 heterocycles. The van der Waals surface area contributed by atoms with Crippen LogP contribution in [0, 0.1) is 0 Å². The zero-order valence-corrected chi connectivity index (χ0v) is 12.8. The van der Waals surface area contributed by atoms with E-state index in [0.29, 0.717) is 0 Å². The molecule has 18 heavy (non-hydrogen) atoms. The quantitative estimate of drug-likeness (QED) is 0.803. The molecule has 0 spiro atoms. The van der Waals surface area contributed by atoms with E-state index < -0.39 is 22.4 Å². The van der Waals surface area contributed by atoms with Crippen LogP contribution in [0.4, 0.5) is 0 Å². The average Bonchev–Trinajstić information content (AvgIpc) is 2.30. The third kappa shape index (κ3) is 4.03. The van der Waals surface area contributed by atoms with Crippen molar-refractivity contribution in [2.75, 3.05) is 14.2 Å². The second kappa shape index (κ2) is 6.63. The third-order valence-electron chi connectivity index (χ3n) is 2.34. The molecule has 1 aromatic rings. The summed E-state index contributed by atoms with van der Waals surface area (Å²) in [5.41, 5.74) is 0. The van der Waals surface area contributed by atoms with Gasteiger partial charge in [-0.3, -0.25) is 0 Å². The van der Waals surface area contributed by atoms with Crippen LogP contribution in [-0.2, 0) is 19.5 Å². The predicted molar refractivity (Wildman–Crippen MR) is 71.7 cm³/mol. The second-order valence-corrected chi connectivity index (χ2v) is 6.33. The number of halogens is 1. The smallest absolute Gasteiger partial charge is 0.240 e. The number of benzene rings is 1. The van der Waals surface area contributed by atoms with Gasteiger partial charge in [-0.1, -0.05) is 15.9 Å². The molecule has 1 unspecified atom stereocenters. The average molecular weight is 338 g/mol. The van der Waals surface area contributed by atoms with Crippen molar-refractivity contribution < 1.29 is 17.9 Å². The molecular formula is C11H16BrNO4S. The molecule has 1 N–H and O–H groups in total. The van der Waals surface area contributed by atoms with Gasteiger partial charge in [0.1, 0.15) is 0 Å². The van der Waals surface area contributed by atoms with E-state index in [1.54, 1.807) is 19.1 Å². The molecule has 1 atom stereocenters. The Bertz CT molecular complexity index is 470. The van der Waals surface area contributed by atoms with Crippen LogP contribution < -0.4 is 4.72 Å². The van der Waals surface area contributed by atoms with Gasteiger partial charge in [0, 0.05) is 18.7 Å². The second-order valence-electron chi connectivity index (χ2n) is 3.70. The first-order valence-electron chi connectivity index (χ1n) is 5.24. The van der Waals surface area contributed by atoms with Crippen molar-refractivity contribution >= 4 is 26.0 Å². The Hall–Kier alpha value is -0.470. The van der Waals surface area contributed by atoms with Crippen molar-refractivity contribution in [2.45, 2.75) is 24.2 Å². The van der Waals surface area contributed by atoms with Gasteiger partial charge in [-0.15, -0.1) is 0 Å². The highest BCUT2D eigenvalue weighted by Gasteiger charge is 2.23. The van der Waals surface area contributed by atoms with Crippen molar-refractivity contribution in [1.29, 1.82) is 0 Å². The zero-order valence-electron chi connectivity index (χ0n) is 10.4. The van der Waals surface area contributed by atoms with E-state index in [0.717, 1.165) is 4.47 Å². The first kappa shape index (κ1) is 15.6. The summed E-state index contributed by atoms with van der Waals surface area (Å²) in [5.74, 6) is 0. The van der Waals surface area contributed by atoms with E-state index in [4.69, 9.17) is 9.47 Å². The molecule has 1 aromatic carbocycles. The molecule has 0 radical (unpaired) electrons. The number of sulfonamides is 1. The summed E-state index contributed by atoms with van der Waals surface area (Å²) in [6.07, 6.45) is -0.629. The van der Waals surface area contributed by atoms with Gasteiger partial charge in [0.25, 0.3) is 0 Å². The number of hydrogen-bond acceptors (Lipinski definition) is 4. The Labute approximate surface area is 116 Å². The normalized spacial score (nSPS) is 13.8. The monoisotopic (exact) mass is 337 g/mol. The number of rotatable bonds is 6. The highest BCUT2D eigenvalue weighted by atomic mass is 79.9. The maximum absolute atomic E-state index is 12.1. The fraction of sp³-hybridized carbons (Fsp3) is 0.455. The molecule has 0 aliphatic carbocycles. The molecule has 0 aliphatic heterocycles. The summed E-state index contributed by atoms with van der Waals surface area (Å²) in [6, 6.07) is 5.89. The van der Waals surface area contributed by atoms with Gasteiger partial charge in [0.2, 0.25) is 10.0 Å². The molecular weight excluding hydrogens is 322 g/mol. The lowest BCUT2D eigenvalue weighted by Crippen LogP contribution is -2.42. The Kier molecular flexibility index (Phi) is 5.74. The van der Waals surface area contributed by atoms with E-state index in [2.05, 4.69) is 20.7 Å². The van der Waals surface area contributed by atoms with Crippen LogP contribution in [-0.4, -0.2) is 35.0 Å². The SMILES string of the molecule is COC(OC)C(C)NS(=O)(=O)c1ccc(Br)cc1. The Morgan fingerprint density at radius 2 is 1.67 bits per heavy atom. The Balaban J connectivity index is 2.85. The number of ether oxygens (including phenoxy) is 2. The van der Waals surface area contributed by atoms with Crippen LogP contribution in [0.1, 0.15) is 6.92 Å². The number of hydrogen-bond donors (Lipinski definition) is 1. The van der Waals surface area contributed by atoms with Crippen LogP contribution >= 0.6 is 15.9 Å². The van der Waals surface area contributed by atoms with Crippen LogP contribution in [0.5, 0.6) is 0 Å². The van der Waals surface area contributed by atoms with Gasteiger partial charge in [0.15, 0.2) is 6.29 Å². The molecule has 7 heteroatoms. The molecule has 0 amide bonds.